The van der Waals surface area contributed by atoms with Crippen molar-refractivity contribution >= 4 is 29.4 Å². The highest BCUT2D eigenvalue weighted by molar-refractivity contribution is 6.21. The van der Waals surface area contributed by atoms with E-state index in [1.165, 1.54) is 24.3 Å². The molecule has 2 aromatic rings. The Morgan fingerprint density at radius 3 is 2.23 bits per heavy atom. The molecule has 2 aliphatic rings. The van der Waals surface area contributed by atoms with E-state index in [0.717, 1.165) is 0 Å². The van der Waals surface area contributed by atoms with Gasteiger partial charge in [-0.25, -0.2) is 4.79 Å². The minimum atomic E-state index is -0.850. The summed E-state index contributed by atoms with van der Waals surface area (Å²) in [5.74, 6) is -2.38. The first-order valence-corrected chi connectivity index (χ1v) is 7.97. The average Bonchev–Trinajstić information content (AvgIpc) is 3.00. The van der Waals surface area contributed by atoms with E-state index in [1.807, 2.05) is 0 Å². The number of carbonyl (C=O) groups excluding carboxylic acids is 4. The predicted molar refractivity (Wildman–Crippen MR) is 90.5 cm³/mol. The van der Waals surface area contributed by atoms with Gasteiger partial charge in [-0.05, 0) is 49.7 Å². The fraction of sp³-hybridized carbons (Fsp3) is 0.158. The van der Waals surface area contributed by atoms with E-state index in [0.29, 0.717) is 16.3 Å². The fourth-order valence-corrected chi connectivity index (χ4v) is 3.08. The van der Waals surface area contributed by atoms with Crippen molar-refractivity contribution in [2.24, 2.45) is 0 Å². The summed E-state index contributed by atoms with van der Waals surface area (Å²) < 4.78 is 0. The summed E-state index contributed by atoms with van der Waals surface area (Å²) in [5, 5.41) is 3.21. The standard InChI is InChI=1S/C19H14N2O5/c1-19(2)13-9-10(7-8-14(13)20-18(19)25)17(24)26-21-15(22)11-5-3-4-6-12(11)16(21)23/h3-9H,1-2H3,(H,20,25). The summed E-state index contributed by atoms with van der Waals surface area (Å²) in [6, 6.07) is 10.9. The molecule has 7 heteroatoms. The first kappa shape index (κ1) is 16.0. The van der Waals surface area contributed by atoms with Crippen LogP contribution in [0.2, 0.25) is 0 Å². The van der Waals surface area contributed by atoms with Gasteiger partial charge in [0.05, 0.1) is 22.1 Å². The summed E-state index contributed by atoms with van der Waals surface area (Å²) >= 11 is 0. The third kappa shape index (κ3) is 2.13. The van der Waals surface area contributed by atoms with Crippen LogP contribution in [0.15, 0.2) is 42.5 Å². The summed E-state index contributed by atoms with van der Waals surface area (Å²) in [7, 11) is 0. The lowest BCUT2D eigenvalue weighted by molar-refractivity contribution is -0.119. The van der Waals surface area contributed by atoms with Crippen LogP contribution >= 0.6 is 0 Å². The van der Waals surface area contributed by atoms with Crippen LogP contribution in [0, 0.1) is 0 Å². The minimum Gasteiger partial charge on any atom is -0.325 e. The molecule has 0 spiro atoms. The molecule has 2 aliphatic heterocycles. The number of imide groups is 1. The lowest BCUT2D eigenvalue weighted by atomic mass is 9.85. The molecule has 26 heavy (non-hydrogen) atoms. The zero-order chi connectivity index (χ0) is 18.6. The van der Waals surface area contributed by atoms with Crippen molar-refractivity contribution in [3.63, 3.8) is 0 Å². The monoisotopic (exact) mass is 350 g/mol. The quantitative estimate of drug-likeness (QED) is 0.839. The number of nitrogens with one attached hydrogen (secondary N) is 1. The molecule has 0 saturated heterocycles. The lowest BCUT2D eigenvalue weighted by Gasteiger charge is -2.16. The van der Waals surface area contributed by atoms with Crippen LogP contribution in [-0.2, 0) is 15.0 Å². The van der Waals surface area contributed by atoms with Crippen molar-refractivity contribution in [1.29, 1.82) is 0 Å². The van der Waals surface area contributed by atoms with Crippen molar-refractivity contribution < 1.29 is 24.0 Å². The van der Waals surface area contributed by atoms with Gasteiger partial charge >= 0.3 is 5.97 Å². The summed E-state index contributed by atoms with van der Waals surface area (Å²) in [4.78, 5) is 54.1. The van der Waals surface area contributed by atoms with Gasteiger partial charge in [0.25, 0.3) is 11.8 Å². The molecular formula is C19H14N2O5. The molecule has 0 unspecified atom stereocenters. The van der Waals surface area contributed by atoms with Crippen molar-refractivity contribution in [3.8, 4) is 0 Å². The smallest absolute Gasteiger partial charge is 0.325 e. The Kier molecular flexibility index (Phi) is 3.24. The van der Waals surface area contributed by atoms with Gasteiger partial charge in [0.2, 0.25) is 5.91 Å². The van der Waals surface area contributed by atoms with Crippen LogP contribution < -0.4 is 5.32 Å². The van der Waals surface area contributed by atoms with Crippen LogP contribution in [0.4, 0.5) is 5.69 Å². The van der Waals surface area contributed by atoms with E-state index in [2.05, 4.69) is 5.32 Å². The number of hydrogen-bond acceptors (Lipinski definition) is 5. The molecule has 7 nitrogen and oxygen atoms in total. The van der Waals surface area contributed by atoms with Crippen molar-refractivity contribution in [2.45, 2.75) is 19.3 Å². The molecule has 0 saturated carbocycles. The molecular weight excluding hydrogens is 336 g/mol. The maximum absolute atomic E-state index is 12.5. The highest BCUT2D eigenvalue weighted by Gasteiger charge is 2.41. The second kappa shape index (κ2) is 5.26. The lowest BCUT2D eigenvalue weighted by Crippen LogP contribution is -2.32. The Morgan fingerprint density at radius 2 is 1.62 bits per heavy atom. The third-order valence-corrected chi connectivity index (χ3v) is 4.68. The number of nitrogens with zero attached hydrogens (tertiary/aromatic N) is 1. The van der Waals surface area contributed by atoms with Crippen molar-refractivity contribution in [3.05, 3.63) is 64.7 Å². The van der Waals surface area contributed by atoms with Gasteiger partial charge in [-0.1, -0.05) is 17.2 Å². The molecule has 0 aliphatic carbocycles. The Labute approximate surface area is 148 Å². The molecule has 130 valence electrons. The molecule has 0 bridgehead atoms. The third-order valence-electron chi connectivity index (χ3n) is 4.68. The van der Waals surface area contributed by atoms with Crippen LogP contribution in [-0.4, -0.2) is 28.8 Å². The maximum atomic E-state index is 12.5. The van der Waals surface area contributed by atoms with E-state index in [1.54, 1.807) is 32.0 Å². The first-order chi connectivity index (χ1) is 12.3. The number of fused-ring (bicyclic) bond motifs is 2. The molecule has 2 heterocycles. The first-order valence-electron chi connectivity index (χ1n) is 7.97. The second-order valence-corrected chi connectivity index (χ2v) is 6.67. The molecule has 0 radical (unpaired) electrons. The van der Waals surface area contributed by atoms with Crippen LogP contribution in [0.5, 0.6) is 0 Å². The van der Waals surface area contributed by atoms with E-state index in [4.69, 9.17) is 4.84 Å². The number of amides is 3. The van der Waals surface area contributed by atoms with Gasteiger partial charge in [0.1, 0.15) is 0 Å². The molecule has 2 aromatic carbocycles. The molecule has 3 amide bonds. The highest BCUT2D eigenvalue weighted by atomic mass is 16.7. The Bertz CT molecular complexity index is 974. The molecule has 1 N–H and O–H groups in total. The van der Waals surface area contributed by atoms with E-state index < -0.39 is 23.2 Å². The van der Waals surface area contributed by atoms with Crippen molar-refractivity contribution in [1.82, 2.24) is 5.06 Å². The topological polar surface area (TPSA) is 92.8 Å². The van der Waals surface area contributed by atoms with Crippen LogP contribution in [0.1, 0.15) is 50.5 Å². The van der Waals surface area contributed by atoms with Crippen LogP contribution in [0.25, 0.3) is 0 Å². The molecule has 0 atom stereocenters. The molecule has 0 aromatic heterocycles. The Morgan fingerprint density at radius 1 is 1.00 bits per heavy atom. The minimum absolute atomic E-state index is 0.143. The summed E-state index contributed by atoms with van der Waals surface area (Å²) in [5.41, 5.74) is 1.01. The number of benzene rings is 2. The van der Waals surface area contributed by atoms with E-state index >= 15 is 0 Å². The highest BCUT2D eigenvalue weighted by Crippen LogP contribution is 2.37. The van der Waals surface area contributed by atoms with Gasteiger partial charge in [-0.3, -0.25) is 14.4 Å². The second-order valence-electron chi connectivity index (χ2n) is 6.67. The SMILES string of the molecule is CC1(C)C(=O)Nc2ccc(C(=O)ON3C(=O)c4ccccc4C3=O)cc21. The van der Waals surface area contributed by atoms with Crippen molar-refractivity contribution in [2.75, 3.05) is 5.32 Å². The van der Waals surface area contributed by atoms with Gasteiger partial charge < -0.3 is 10.2 Å². The zero-order valence-corrected chi connectivity index (χ0v) is 14.0. The van der Waals surface area contributed by atoms with Crippen LogP contribution in [0.3, 0.4) is 0 Å². The Balaban J connectivity index is 1.61. The summed E-state index contributed by atoms with van der Waals surface area (Å²) in [6.45, 7) is 3.49. The van der Waals surface area contributed by atoms with Gasteiger partial charge in [-0.2, -0.15) is 0 Å². The number of hydroxylamine groups is 2. The summed E-state index contributed by atoms with van der Waals surface area (Å²) in [6.07, 6.45) is 0. The maximum Gasteiger partial charge on any atom is 0.363 e. The fourth-order valence-electron chi connectivity index (χ4n) is 3.08. The number of hydrogen-bond donors (Lipinski definition) is 1. The normalized spacial score (nSPS) is 17.0. The van der Waals surface area contributed by atoms with Gasteiger partial charge in [-0.15, -0.1) is 0 Å². The largest absolute Gasteiger partial charge is 0.363 e. The number of rotatable bonds is 2. The Hall–Kier alpha value is -3.48. The average molecular weight is 350 g/mol. The van der Waals surface area contributed by atoms with E-state index in [-0.39, 0.29) is 22.6 Å². The molecule has 4 rings (SSSR count). The van der Waals surface area contributed by atoms with E-state index in [9.17, 15) is 19.2 Å². The van der Waals surface area contributed by atoms with Gasteiger partial charge in [0, 0.05) is 5.69 Å². The zero-order valence-electron chi connectivity index (χ0n) is 14.0. The predicted octanol–water partition coefficient (Wildman–Crippen LogP) is 2.28. The number of anilines is 1. The molecule has 0 fully saturated rings. The number of carbonyl (C=O) groups is 4. The van der Waals surface area contributed by atoms with Gasteiger partial charge in [0.15, 0.2) is 0 Å².